The molecule has 0 aliphatic heterocycles. The Balaban J connectivity index is 2.38. The van der Waals surface area contributed by atoms with Gasteiger partial charge in [-0.1, -0.05) is 40.2 Å². The predicted molar refractivity (Wildman–Crippen MR) is 79.6 cm³/mol. The van der Waals surface area contributed by atoms with Crippen molar-refractivity contribution in [2.75, 3.05) is 7.11 Å². The van der Waals surface area contributed by atoms with Crippen molar-refractivity contribution in [2.24, 2.45) is 0 Å². The van der Waals surface area contributed by atoms with Crippen molar-refractivity contribution in [2.45, 2.75) is 18.7 Å². The van der Waals surface area contributed by atoms with E-state index in [1.807, 2.05) is 44.2 Å². The van der Waals surface area contributed by atoms with E-state index in [0.717, 1.165) is 22.4 Å². The van der Waals surface area contributed by atoms with Crippen LogP contribution >= 0.6 is 15.9 Å². The Labute approximate surface area is 121 Å². The summed E-state index contributed by atoms with van der Waals surface area (Å²) in [6.45, 7) is 3.86. The average molecular weight is 323 g/mol. The van der Waals surface area contributed by atoms with Gasteiger partial charge in [-0.2, -0.15) is 0 Å². The highest BCUT2D eigenvalue weighted by Gasteiger charge is 2.15. The highest BCUT2D eigenvalue weighted by Crippen LogP contribution is 2.34. The maximum absolute atomic E-state index is 14.0. The second-order valence-corrected chi connectivity index (χ2v) is 5.53. The van der Waals surface area contributed by atoms with E-state index in [9.17, 15) is 4.39 Å². The smallest absolute Gasteiger partial charge is 0.128 e. The maximum atomic E-state index is 14.0. The van der Waals surface area contributed by atoms with Crippen LogP contribution in [0.25, 0.3) is 0 Å². The molecule has 0 N–H and O–H groups in total. The summed E-state index contributed by atoms with van der Waals surface area (Å²) in [6.07, 6.45) is 0. The van der Waals surface area contributed by atoms with Gasteiger partial charge in [-0.15, -0.1) is 0 Å². The van der Waals surface area contributed by atoms with E-state index in [1.165, 1.54) is 0 Å². The van der Waals surface area contributed by atoms with E-state index in [0.29, 0.717) is 5.56 Å². The van der Waals surface area contributed by atoms with Crippen LogP contribution in [0.4, 0.5) is 4.39 Å². The van der Waals surface area contributed by atoms with E-state index < -0.39 is 0 Å². The van der Waals surface area contributed by atoms with E-state index in [-0.39, 0.29) is 10.6 Å². The molecule has 3 heteroatoms. The molecule has 2 rings (SSSR count). The molecule has 0 fully saturated rings. The van der Waals surface area contributed by atoms with Crippen LogP contribution in [-0.4, -0.2) is 7.11 Å². The first kappa shape index (κ1) is 14.1. The van der Waals surface area contributed by atoms with Crippen LogP contribution < -0.4 is 4.74 Å². The lowest BCUT2D eigenvalue weighted by molar-refractivity contribution is 0.411. The van der Waals surface area contributed by atoms with Gasteiger partial charge in [0.1, 0.15) is 11.6 Å². The number of hydrogen-bond acceptors (Lipinski definition) is 1. The van der Waals surface area contributed by atoms with Crippen LogP contribution in [0, 0.1) is 19.7 Å². The molecular weight excluding hydrogens is 307 g/mol. The summed E-state index contributed by atoms with van der Waals surface area (Å²) in [7, 11) is 1.65. The Hall–Kier alpha value is -1.35. The normalized spacial score (nSPS) is 12.3. The van der Waals surface area contributed by atoms with Gasteiger partial charge >= 0.3 is 0 Å². The Bertz CT molecular complexity index is 595. The third-order valence-electron chi connectivity index (χ3n) is 3.14. The lowest BCUT2D eigenvalue weighted by Crippen LogP contribution is -1.98. The number of halogens is 2. The zero-order valence-corrected chi connectivity index (χ0v) is 12.8. The third-order valence-corrected chi connectivity index (χ3v) is 4.16. The molecule has 0 aromatic heterocycles. The van der Waals surface area contributed by atoms with Crippen molar-refractivity contribution in [3.05, 3.63) is 64.5 Å². The van der Waals surface area contributed by atoms with Crippen LogP contribution in [0.1, 0.15) is 27.1 Å². The molecule has 0 saturated heterocycles. The summed E-state index contributed by atoms with van der Waals surface area (Å²) in [5.74, 6) is 0.656. The quantitative estimate of drug-likeness (QED) is 0.727. The Morgan fingerprint density at radius 1 is 1.11 bits per heavy atom. The SMILES string of the molecule is COc1ccc(C(Br)c2ccc(C)cc2F)cc1C. The molecular formula is C16H16BrFO. The molecule has 2 aromatic rings. The number of benzene rings is 2. The fraction of sp³-hybridized carbons (Fsp3) is 0.250. The van der Waals surface area contributed by atoms with Gasteiger partial charge in [-0.25, -0.2) is 4.39 Å². The van der Waals surface area contributed by atoms with Gasteiger partial charge in [0, 0.05) is 5.56 Å². The van der Waals surface area contributed by atoms with Crippen LogP contribution in [0.2, 0.25) is 0 Å². The molecule has 100 valence electrons. The fourth-order valence-corrected chi connectivity index (χ4v) is 2.73. The van der Waals surface area contributed by atoms with Gasteiger partial charge in [0.25, 0.3) is 0 Å². The van der Waals surface area contributed by atoms with Crippen molar-refractivity contribution in [3.63, 3.8) is 0 Å². The molecule has 0 aliphatic rings. The molecule has 0 amide bonds. The Morgan fingerprint density at radius 3 is 2.42 bits per heavy atom. The summed E-state index contributed by atoms with van der Waals surface area (Å²) >= 11 is 3.57. The predicted octanol–water partition coefficient (Wildman–Crippen LogP) is 4.94. The van der Waals surface area contributed by atoms with Crippen LogP contribution in [-0.2, 0) is 0 Å². The molecule has 1 nitrogen and oxygen atoms in total. The second kappa shape index (κ2) is 5.74. The second-order valence-electron chi connectivity index (χ2n) is 4.62. The van der Waals surface area contributed by atoms with Crippen LogP contribution in [0.3, 0.4) is 0 Å². The van der Waals surface area contributed by atoms with E-state index in [4.69, 9.17) is 4.74 Å². The highest BCUT2D eigenvalue weighted by molar-refractivity contribution is 9.09. The topological polar surface area (TPSA) is 9.23 Å². The van der Waals surface area contributed by atoms with Crippen LogP contribution in [0.15, 0.2) is 36.4 Å². The minimum atomic E-state index is -0.185. The Kier molecular flexibility index (Phi) is 4.25. The number of ether oxygens (including phenoxy) is 1. The van der Waals surface area contributed by atoms with Crippen LogP contribution in [0.5, 0.6) is 5.75 Å². The van der Waals surface area contributed by atoms with Gasteiger partial charge in [-0.3, -0.25) is 0 Å². The lowest BCUT2D eigenvalue weighted by atomic mass is 10.0. The minimum absolute atomic E-state index is 0.155. The van der Waals surface area contributed by atoms with E-state index in [1.54, 1.807) is 13.2 Å². The first-order valence-electron chi connectivity index (χ1n) is 6.07. The van der Waals surface area contributed by atoms with Crippen molar-refractivity contribution in [1.82, 2.24) is 0 Å². The number of rotatable bonds is 3. The van der Waals surface area contributed by atoms with Crippen molar-refractivity contribution in [1.29, 1.82) is 0 Å². The van der Waals surface area contributed by atoms with Crippen molar-refractivity contribution >= 4 is 15.9 Å². The Morgan fingerprint density at radius 2 is 1.84 bits per heavy atom. The van der Waals surface area contributed by atoms with Gasteiger partial charge < -0.3 is 4.74 Å². The van der Waals surface area contributed by atoms with Gasteiger partial charge in [-0.05, 0) is 42.7 Å². The van der Waals surface area contributed by atoms with Crippen molar-refractivity contribution < 1.29 is 9.13 Å². The molecule has 0 aliphatic carbocycles. The molecule has 0 bridgehead atoms. The average Bonchev–Trinajstić information content (AvgIpc) is 2.38. The summed E-state index contributed by atoms with van der Waals surface area (Å²) in [4.78, 5) is -0.155. The van der Waals surface area contributed by atoms with E-state index >= 15 is 0 Å². The van der Waals surface area contributed by atoms with Crippen molar-refractivity contribution in [3.8, 4) is 5.75 Å². The number of hydrogen-bond donors (Lipinski definition) is 0. The first-order chi connectivity index (χ1) is 9.02. The monoisotopic (exact) mass is 322 g/mol. The third kappa shape index (κ3) is 2.98. The molecule has 2 aromatic carbocycles. The zero-order valence-electron chi connectivity index (χ0n) is 11.2. The molecule has 0 spiro atoms. The van der Waals surface area contributed by atoms with E-state index in [2.05, 4.69) is 15.9 Å². The summed E-state index contributed by atoms with van der Waals surface area (Å²) < 4.78 is 19.2. The molecule has 0 heterocycles. The molecule has 1 unspecified atom stereocenters. The van der Waals surface area contributed by atoms with Gasteiger partial charge in [0.2, 0.25) is 0 Å². The van der Waals surface area contributed by atoms with Gasteiger partial charge in [0.15, 0.2) is 0 Å². The maximum Gasteiger partial charge on any atom is 0.128 e. The number of methoxy groups -OCH3 is 1. The fourth-order valence-electron chi connectivity index (χ4n) is 2.08. The summed E-state index contributed by atoms with van der Waals surface area (Å²) in [6, 6.07) is 11.2. The molecule has 19 heavy (non-hydrogen) atoms. The summed E-state index contributed by atoms with van der Waals surface area (Å²) in [5, 5.41) is 0. The largest absolute Gasteiger partial charge is 0.496 e. The first-order valence-corrected chi connectivity index (χ1v) is 6.99. The molecule has 0 radical (unpaired) electrons. The number of aryl methyl sites for hydroxylation is 2. The minimum Gasteiger partial charge on any atom is -0.496 e. The standard InChI is InChI=1S/C16H16BrFO/c1-10-4-6-13(14(18)8-10)16(17)12-5-7-15(19-3)11(2)9-12/h4-9,16H,1-3H3. The molecule has 0 saturated carbocycles. The lowest BCUT2D eigenvalue weighted by Gasteiger charge is -2.14. The zero-order chi connectivity index (χ0) is 14.0. The van der Waals surface area contributed by atoms with Gasteiger partial charge in [0.05, 0.1) is 11.9 Å². The highest BCUT2D eigenvalue weighted by atomic mass is 79.9. The summed E-state index contributed by atoms with van der Waals surface area (Å²) in [5.41, 5.74) is 3.63. The molecule has 1 atom stereocenters. The number of alkyl halides is 1.